The Morgan fingerprint density at radius 1 is 1.35 bits per heavy atom. The van der Waals surface area contributed by atoms with Gasteiger partial charge in [0.2, 0.25) is 5.88 Å². The van der Waals surface area contributed by atoms with E-state index in [9.17, 15) is 18.7 Å². The first-order valence-electron chi connectivity index (χ1n) is 8.53. The fraction of sp³-hybridized carbons (Fsp3) is 0.688. The lowest BCUT2D eigenvalue weighted by Crippen LogP contribution is -2.82. The van der Waals surface area contributed by atoms with E-state index in [1.807, 2.05) is 0 Å². The van der Waals surface area contributed by atoms with Gasteiger partial charge in [0.1, 0.15) is 12.1 Å². The number of nitrogens with one attached hydrogen (secondary N) is 1. The van der Waals surface area contributed by atoms with Crippen molar-refractivity contribution in [2.24, 2.45) is 0 Å². The highest BCUT2D eigenvalue weighted by atomic mass is 19.3. The molecule has 0 unspecified atom stereocenters. The van der Waals surface area contributed by atoms with Crippen LogP contribution in [0.3, 0.4) is 0 Å². The van der Waals surface area contributed by atoms with Crippen molar-refractivity contribution in [2.45, 2.75) is 36.8 Å². The number of carbonyl (C=O) groups is 1. The minimum Gasteiger partial charge on any atom is -0.477 e. The molecule has 26 heavy (non-hydrogen) atoms. The van der Waals surface area contributed by atoms with Crippen molar-refractivity contribution in [3.05, 3.63) is 11.9 Å². The third kappa shape index (κ3) is 2.86. The summed E-state index contributed by atoms with van der Waals surface area (Å²) in [6.45, 7) is 2.39. The molecule has 8 nitrogen and oxygen atoms in total. The Bertz CT molecular complexity index is 692. The molecule has 1 aliphatic heterocycles. The summed E-state index contributed by atoms with van der Waals surface area (Å²) in [5, 5.41) is 12.7. The van der Waals surface area contributed by atoms with E-state index in [4.69, 9.17) is 9.47 Å². The summed E-state index contributed by atoms with van der Waals surface area (Å²) in [6, 6.07) is 0. The molecule has 2 heterocycles. The van der Waals surface area contributed by atoms with E-state index in [0.717, 1.165) is 51.9 Å². The highest BCUT2D eigenvalue weighted by Gasteiger charge is 2.70. The Labute approximate surface area is 148 Å². The lowest BCUT2D eigenvalue weighted by Gasteiger charge is -2.74. The first-order valence-corrected chi connectivity index (χ1v) is 8.53. The van der Waals surface area contributed by atoms with Crippen molar-refractivity contribution in [1.29, 1.82) is 0 Å². The first kappa shape index (κ1) is 17.3. The number of hydrogen-bond acceptors (Lipinski definition) is 7. The average Bonchev–Trinajstić information content (AvgIpc) is 2.55. The molecule has 1 saturated heterocycles. The van der Waals surface area contributed by atoms with Gasteiger partial charge in [-0.25, -0.2) is 23.5 Å². The molecule has 0 spiro atoms. The summed E-state index contributed by atoms with van der Waals surface area (Å²) in [6.07, 6.45) is 1.11. The fourth-order valence-corrected chi connectivity index (χ4v) is 4.40. The van der Waals surface area contributed by atoms with Crippen LogP contribution in [-0.4, -0.2) is 76.4 Å². The SMILES string of the molecule is O=C(O)c1c(NC23CC(N4CCOCC4)(C2)C3)ncnc1OCC(F)F. The molecule has 3 aliphatic carbocycles. The Balaban J connectivity index is 1.46. The predicted molar refractivity (Wildman–Crippen MR) is 85.8 cm³/mol. The zero-order valence-electron chi connectivity index (χ0n) is 14.1. The molecule has 0 atom stereocenters. The first-order chi connectivity index (χ1) is 12.4. The Kier molecular flexibility index (Phi) is 4.19. The van der Waals surface area contributed by atoms with Crippen molar-refractivity contribution < 1.29 is 28.2 Å². The maximum atomic E-state index is 12.4. The monoisotopic (exact) mass is 370 g/mol. The number of ether oxygens (including phenoxy) is 2. The maximum Gasteiger partial charge on any atom is 0.345 e. The zero-order valence-corrected chi connectivity index (χ0v) is 14.1. The van der Waals surface area contributed by atoms with Gasteiger partial charge in [0.15, 0.2) is 12.2 Å². The topological polar surface area (TPSA) is 96.8 Å². The van der Waals surface area contributed by atoms with Crippen LogP contribution in [0.4, 0.5) is 14.6 Å². The number of nitrogens with zero attached hydrogens (tertiary/aromatic N) is 3. The number of carboxylic acids is 1. The van der Waals surface area contributed by atoms with Gasteiger partial charge < -0.3 is 19.9 Å². The Hall–Kier alpha value is -2.07. The van der Waals surface area contributed by atoms with Crippen LogP contribution < -0.4 is 10.1 Å². The zero-order chi connectivity index (χ0) is 18.4. The summed E-state index contributed by atoms with van der Waals surface area (Å²) in [5.41, 5.74) is -0.336. The van der Waals surface area contributed by atoms with Crippen molar-refractivity contribution in [3.63, 3.8) is 0 Å². The number of anilines is 1. The highest BCUT2D eigenvalue weighted by Crippen LogP contribution is 2.64. The lowest BCUT2D eigenvalue weighted by molar-refractivity contribution is -0.172. The molecule has 1 aromatic heterocycles. The third-order valence-electron chi connectivity index (χ3n) is 5.44. The number of carboxylic acid groups (broad SMARTS) is 1. The van der Waals surface area contributed by atoms with E-state index in [1.54, 1.807) is 0 Å². The van der Waals surface area contributed by atoms with Crippen LogP contribution in [0, 0.1) is 0 Å². The van der Waals surface area contributed by atoms with Gasteiger partial charge in [-0.15, -0.1) is 0 Å². The standard InChI is InChI=1S/C16H20F2N4O4/c17-10(18)5-26-13-11(14(23)24)12(19-9-20-13)21-15-6-16(7-15,8-15)22-1-3-25-4-2-22/h9-10H,1-8H2,(H,23,24)(H,19,20,21). The quantitative estimate of drug-likeness (QED) is 0.740. The van der Waals surface area contributed by atoms with Crippen LogP contribution in [0.1, 0.15) is 29.6 Å². The van der Waals surface area contributed by atoms with Crippen molar-refractivity contribution in [1.82, 2.24) is 14.9 Å². The van der Waals surface area contributed by atoms with E-state index in [-0.39, 0.29) is 28.3 Å². The van der Waals surface area contributed by atoms with Gasteiger partial charge in [0.05, 0.1) is 13.2 Å². The second-order valence-electron chi connectivity index (χ2n) is 7.17. The van der Waals surface area contributed by atoms with E-state index < -0.39 is 19.0 Å². The molecule has 142 valence electrons. The highest BCUT2D eigenvalue weighted by molar-refractivity contribution is 5.95. The van der Waals surface area contributed by atoms with Gasteiger partial charge in [-0.05, 0) is 19.3 Å². The van der Waals surface area contributed by atoms with E-state index in [0.29, 0.717) is 0 Å². The van der Waals surface area contributed by atoms with Gasteiger partial charge >= 0.3 is 5.97 Å². The second kappa shape index (κ2) is 6.27. The summed E-state index contributed by atoms with van der Waals surface area (Å²) in [7, 11) is 0. The summed E-state index contributed by atoms with van der Waals surface area (Å²) >= 11 is 0. The number of halogens is 2. The second-order valence-corrected chi connectivity index (χ2v) is 7.17. The number of alkyl halides is 2. The molecule has 2 N–H and O–H groups in total. The number of hydrogen-bond donors (Lipinski definition) is 2. The number of aromatic nitrogens is 2. The van der Waals surface area contributed by atoms with E-state index in [1.165, 1.54) is 0 Å². The molecule has 10 heteroatoms. The summed E-state index contributed by atoms with van der Waals surface area (Å²) in [4.78, 5) is 21.7. The average molecular weight is 370 g/mol. The minimum atomic E-state index is -2.71. The Morgan fingerprint density at radius 3 is 2.65 bits per heavy atom. The largest absolute Gasteiger partial charge is 0.477 e. The summed E-state index contributed by atoms with van der Waals surface area (Å²) < 4.78 is 35.0. The van der Waals surface area contributed by atoms with Crippen molar-refractivity contribution in [2.75, 3.05) is 38.2 Å². The molecular weight excluding hydrogens is 350 g/mol. The van der Waals surface area contributed by atoms with Crippen LogP contribution >= 0.6 is 0 Å². The lowest BCUT2D eigenvalue weighted by atomic mass is 9.43. The third-order valence-corrected chi connectivity index (χ3v) is 5.44. The number of aromatic carboxylic acids is 1. The molecular formula is C16H20F2N4O4. The molecule has 2 bridgehead atoms. The van der Waals surface area contributed by atoms with E-state index in [2.05, 4.69) is 20.2 Å². The molecule has 0 radical (unpaired) electrons. The molecule has 4 fully saturated rings. The van der Waals surface area contributed by atoms with Gasteiger partial charge in [0.25, 0.3) is 6.43 Å². The molecule has 3 saturated carbocycles. The fourth-order valence-electron chi connectivity index (χ4n) is 4.40. The van der Waals surface area contributed by atoms with Gasteiger partial charge in [-0.2, -0.15) is 0 Å². The molecule has 5 rings (SSSR count). The Morgan fingerprint density at radius 2 is 2.04 bits per heavy atom. The maximum absolute atomic E-state index is 12.4. The normalized spacial score (nSPS) is 30.4. The van der Waals surface area contributed by atoms with E-state index >= 15 is 0 Å². The molecule has 1 aromatic rings. The van der Waals surface area contributed by atoms with Gasteiger partial charge in [-0.1, -0.05) is 0 Å². The van der Waals surface area contributed by atoms with Crippen molar-refractivity contribution in [3.8, 4) is 5.88 Å². The van der Waals surface area contributed by atoms with Crippen LogP contribution in [0.25, 0.3) is 0 Å². The van der Waals surface area contributed by atoms with Crippen LogP contribution in [-0.2, 0) is 4.74 Å². The number of rotatable bonds is 7. The molecule has 4 aliphatic rings. The predicted octanol–water partition coefficient (Wildman–Crippen LogP) is 1.24. The smallest absolute Gasteiger partial charge is 0.345 e. The van der Waals surface area contributed by atoms with Gasteiger partial charge in [0, 0.05) is 24.2 Å². The summed E-state index contributed by atoms with van der Waals surface area (Å²) in [5.74, 6) is -1.54. The van der Waals surface area contributed by atoms with Crippen molar-refractivity contribution >= 4 is 11.8 Å². The van der Waals surface area contributed by atoms with Crippen LogP contribution in [0.5, 0.6) is 5.88 Å². The van der Waals surface area contributed by atoms with Crippen LogP contribution in [0.15, 0.2) is 6.33 Å². The number of morpholine rings is 1. The molecule has 0 amide bonds. The molecule has 0 aromatic carbocycles. The van der Waals surface area contributed by atoms with Gasteiger partial charge in [-0.3, -0.25) is 4.90 Å². The minimum absolute atomic E-state index is 0.118. The van der Waals surface area contributed by atoms with Crippen LogP contribution in [0.2, 0.25) is 0 Å².